The number of aliphatic imine (C=N–C) groups is 2. The minimum absolute atomic E-state index is 0.189. The van der Waals surface area contributed by atoms with E-state index in [2.05, 4.69) is 32.3 Å². The molecule has 0 bridgehead atoms. The molecule has 1 aliphatic carbocycles. The highest BCUT2D eigenvalue weighted by Gasteiger charge is 2.13. The summed E-state index contributed by atoms with van der Waals surface area (Å²) in [4.78, 5) is 13.0. The van der Waals surface area contributed by atoms with Crippen LogP contribution in [-0.2, 0) is 0 Å². The van der Waals surface area contributed by atoms with Gasteiger partial charge in [0, 0.05) is 37.8 Å². The molecule has 0 radical (unpaired) electrons. The van der Waals surface area contributed by atoms with Crippen molar-refractivity contribution in [2.24, 2.45) is 15.9 Å². The van der Waals surface area contributed by atoms with Gasteiger partial charge in [-0.1, -0.05) is 46.0 Å². The Morgan fingerprint density at radius 2 is 2.03 bits per heavy atom. The summed E-state index contributed by atoms with van der Waals surface area (Å²) in [7, 11) is 3.51. The minimum atomic E-state index is -0.362. The van der Waals surface area contributed by atoms with Crippen molar-refractivity contribution in [1.82, 2.24) is 14.6 Å². The Balaban J connectivity index is 0.000000497. The van der Waals surface area contributed by atoms with Gasteiger partial charge < -0.3 is 11.1 Å². The molecule has 0 atom stereocenters. The van der Waals surface area contributed by atoms with E-state index >= 15 is 0 Å². The molecule has 2 heterocycles. The zero-order chi connectivity index (χ0) is 24.9. The van der Waals surface area contributed by atoms with Gasteiger partial charge in [-0.05, 0) is 49.5 Å². The van der Waals surface area contributed by atoms with Crippen LogP contribution in [0.5, 0.6) is 0 Å². The number of halogens is 1. The zero-order valence-electron chi connectivity index (χ0n) is 21.3. The van der Waals surface area contributed by atoms with Crippen molar-refractivity contribution in [2.75, 3.05) is 31.8 Å². The quantitative estimate of drug-likeness (QED) is 0.462. The average molecular weight is 470 g/mol. The van der Waals surface area contributed by atoms with Crippen LogP contribution in [-0.4, -0.2) is 46.8 Å². The molecule has 34 heavy (non-hydrogen) atoms. The number of nitrogen functional groups attached to an aromatic ring is 1. The Kier molecular flexibility index (Phi) is 11.4. The Morgan fingerprint density at radius 3 is 2.59 bits per heavy atom. The van der Waals surface area contributed by atoms with Crippen LogP contribution in [0.1, 0.15) is 71.3 Å². The van der Waals surface area contributed by atoms with Gasteiger partial charge in [-0.25, -0.2) is 4.52 Å². The number of rotatable bonds is 8. The highest BCUT2D eigenvalue weighted by atomic mass is 19.1. The van der Waals surface area contributed by atoms with Gasteiger partial charge in [0.15, 0.2) is 5.82 Å². The van der Waals surface area contributed by atoms with Crippen LogP contribution in [0.2, 0.25) is 0 Å². The number of nitrogens with two attached hydrogens (primary N) is 1. The number of hydrogen-bond donors (Lipinski definition) is 2. The molecule has 3 N–H and O–H groups in total. The summed E-state index contributed by atoms with van der Waals surface area (Å²) in [6, 6.07) is 1.92. The van der Waals surface area contributed by atoms with E-state index < -0.39 is 0 Å². The summed E-state index contributed by atoms with van der Waals surface area (Å²) in [5.74, 6) is 1.85. The third-order valence-electron chi connectivity index (χ3n) is 5.98. The Bertz CT molecular complexity index is 1030. The second kappa shape index (κ2) is 14.3. The Labute approximate surface area is 203 Å². The summed E-state index contributed by atoms with van der Waals surface area (Å²) in [6.07, 6.45) is 16.0. The molecule has 2 aromatic heterocycles. The van der Waals surface area contributed by atoms with Crippen LogP contribution in [0.4, 0.5) is 16.2 Å². The van der Waals surface area contributed by atoms with E-state index in [-0.39, 0.29) is 12.6 Å². The Hall–Kier alpha value is -3.03. The van der Waals surface area contributed by atoms with Crippen LogP contribution in [0.3, 0.4) is 0 Å². The molecule has 0 unspecified atom stereocenters. The fourth-order valence-corrected chi connectivity index (χ4v) is 3.90. The lowest BCUT2D eigenvalue weighted by Gasteiger charge is -2.15. The summed E-state index contributed by atoms with van der Waals surface area (Å²) < 4.78 is 14.2. The lowest BCUT2D eigenvalue weighted by atomic mass is 9.91. The molecular weight excluding hydrogens is 429 g/mol. The van der Waals surface area contributed by atoms with E-state index in [1.807, 2.05) is 38.3 Å². The molecule has 0 aromatic carbocycles. The molecule has 1 aliphatic rings. The largest absolute Gasteiger partial charge is 0.371 e. The molecule has 1 fully saturated rings. The number of aromatic nitrogens is 3. The molecule has 0 aliphatic heterocycles. The number of anilines is 2. The fourth-order valence-electron chi connectivity index (χ4n) is 3.90. The highest BCUT2D eigenvalue weighted by molar-refractivity contribution is 6.16. The van der Waals surface area contributed by atoms with E-state index in [1.165, 1.54) is 32.1 Å². The number of alkyl halides is 1. The van der Waals surface area contributed by atoms with Crippen molar-refractivity contribution < 1.29 is 4.39 Å². The SMILES string of the molecule is CC1CCCCC1.CC\C(=C/N=C(C)\C=C/C(=NC)c1ccn2nc(N)nc(NC)c12)CCF. The van der Waals surface area contributed by atoms with Crippen molar-refractivity contribution >= 4 is 28.7 Å². The maximum atomic E-state index is 12.5. The summed E-state index contributed by atoms with van der Waals surface area (Å²) in [6.45, 7) is 5.89. The first kappa shape index (κ1) is 27.2. The van der Waals surface area contributed by atoms with E-state index in [1.54, 1.807) is 24.8 Å². The topological polar surface area (TPSA) is 93.0 Å². The van der Waals surface area contributed by atoms with Gasteiger partial charge in [0.25, 0.3) is 0 Å². The van der Waals surface area contributed by atoms with Crippen LogP contribution < -0.4 is 11.1 Å². The van der Waals surface area contributed by atoms with Crippen molar-refractivity contribution in [3.05, 3.63) is 41.8 Å². The first-order chi connectivity index (χ1) is 16.4. The molecule has 3 rings (SSSR count). The van der Waals surface area contributed by atoms with Crippen LogP contribution in [0, 0.1) is 5.92 Å². The molecule has 0 saturated heterocycles. The monoisotopic (exact) mass is 469 g/mol. The van der Waals surface area contributed by atoms with E-state index in [4.69, 9.17) is 5.73 Å². The minimum Gasteiger partial charge on any atom is -0.371 e. The number of fused-ring (bicyclic) bond motifs is 1. The van der Waals surface area contributed by atoms with Gasteiger partial charge in [-0.2, -0.15) is 4.98 Å². The maximum absolute atomic E-state index is 12.5. The molecule has 0 spiro atoms. The molecule has 1 saturated carbocycles. The lowest BCUT2D eigenvalue weighted by molar-refractivity contribution is 0.385. The molecular formula is C26H40FN7. The standard InChI is InChI=1S/C19H26FN7.C7H14/c1-5-14(8-10-20)12-24-13(2)6-7-16(22-3)15-9-11-27-17(15)18(23-4)25-19(21)26-27;1-7-5-3-2-4-6-7/h6-7,9,11-12H,5,8,10H2,1-4H3,(H3,21,23,25,26);7H,2-6H2,1H3/b7-6-,14-12+,22-16?,24-13-;. The number of nitrogens with zero attached hydrogens (tertiary/aromatic N) is 5. The van der Waals surface area contributed by atoms with Gasteiger partial charge >= 0.3 is 0 Å². The van der Waals surface area contributed by atoms with Gasteiger partial charge in [-0.15, -0.1) is 5.10 Å². The first-order valence-corrected chi connectivity index (χ1v) is 12.2. The first-order valence-electron chi connectivity index (χ1n) is 12.2. The second-order valence-electron chi connectivity index (χ2n) is 8.63. The molecule has 186 valence electrons. The van der Waals surface area contributed by atoms with E-state index in [0.29, 0.717) is 12.2 Å². The fraction of sp³-hybridized carbons (Fsp3) is 0.538. The zero-order valence-corrected chi connectivity index (χ0v) is 21.3. The van der Waals surface area contributed by atoms with Crippen molar-refractivity contribution in [1.29, 1.82) is 0 Å². The third-order valence-corrected chi connectivity index (χ3v) is 5.98. The number of hydrogen-bond acceptors (Lipinski definition) is 6. The number of allylic oxidation sites excluding steroid dienone is 3. The van der Waals surface area contributed by atoms with Crippen LogP contribution >= 0.6 is 0 Å². The average Bonchev–Trinajstić information content (AvgIpc) is 3.26. The Morgan fingerprint density at radius 1 is 1.29 bits per heavy atom. The van der Waals surface area contributed by atoms with Gasteiger partial charge in [0.1, 0.15) is 5.52 Å². The normalized spacial score (nSPS) is 16.1. The second-order valence-corrected chi connectivity index (χ2v) is 8.63. The predicted octanol–water partition coefficient (Wildman–Crippen LogP) is 6.03. The molecule has 7 nitrogen and oxygen atoms in total. The molecule has 0 amide bonds. The van der Waals surface area contributed by atoms with E-state index in [9.17, 15) is 4.39 Å². The van der Waals surface area contributed by atoms with Crippen molar-refractivity contribution in [3.8, 4) is 0 Å². The maximum Gasteiger partial charge on any atom is 0.240 e. The van der Waals surface area contributed by atoms with Gasteiger partial charge in [0.05, 0.1) is 12.4 Å². The van der Waals surface area contributed by atoms with E-state index in [0.717, 1.165) is 40.4 Å². The number of nitrogens with one attached hydrogen (secondary N) is 1. The summed E-state index contributed by atoms with van der Waals surface area (Å²) in [5.41, 5.74) is 9.97. The van der Waals surface area contributed by atoms with Crippen LogP contribution in [0.15, 0.2) is 46.2 Å². The predicted molar refractivity (Wildman–Crippen MR) is 143 cm³/mol. The smallest absolute Gasteiger partial charge is 0.240 e. The van der Waals surface area contributed by atoms with Gasteiger partial charge in [-0.3, -0.25) is 14.4 Å². The third kappa shape index (κ3) is 8.08. The van der Waals surface area contributed by atoms with Crippen molar-refractivity contribution in [2.45, 2.75) is 65.7 Å². The van der Waals surface area contributed by atoms with Crippen LogP contribution in [0.25, 0.3) is 5.52 Å². The highest BCUT2D eigenvalue weighted by Crippen LogP contribution is 2.22. The summed E-state index contributed by atoms with van der Waals surface area (Å²) >= 11 is 0. The molecule has 8 heteroatoms. The van der Waals surface area contributed by atoms with Crippen molar-refractivity contribution in [3.63, 3.8) is 0 Å². The lowest BCUT2D eigenvalue weighted by Crippen LogP contribution is -2.07. The van der Waals surface area contributed by atoms with Gasteiger partial charge in [0.2, 0.25) is 5.95 Å². The summed E-state index contributed by atoms with van der Waals surface area (Å²) in [5, 5.41) is 7.23. The molecule has 2 aromatic rings.